The number of fused-ring (bicyclic) bond motifs is 2. The lowest BCUT2D eigenvalue weighted by atomic mass is 10.1. The smallest absolute Gasteiger partial charge is 0.338 e. The van der Waals surface area contributed by atoms with Crippen molar-refractivity contribution in [2.24, 2.45) is 0 Å². The van der Waals surface area contributed by atoms with Crippen molar-refractivity contribution in [3.05, 3.63) is 65.7 Å². The Labute approximate surface area is 166 Å². The van der Waals surface area contributed by atoms with Gasteiger partial charge in [-0.15, -0.1) is 0 Å². The molecule has 0 aliphatic carbocycles. The van der Waals surface area contributed by atoms with Gasteiger partial charge in [0.1, 0.15) is 0 Å². The molecule has 0 bridgehead atoms. The Morgan fingerprint density at radius 3 is 2.45 bits per heavy atom. The zero-order valence-corrected chi connectivity index (χ0v) is 15.6. The summed E-state index contributed by atoms with van der Waals surface area (Å²) < 4.78 is 15.6. The minimum atomic E-state index is -0.608. The van der Waals surface area contributed by atoms with Gasteiger partial charge in [0.25, 0.3) is 5.91 Å². The molecule has 1 aliphatic heterocycles. The third kappa shape index (κ3) is 3.89. The zero-order valence-electron chi connectivity index (χ0n) is 15.6. The van der Waals surface area contributed by atoms with Gasteiger partial charge in [0.2, 0.25) is 6.79 Å². The van der Waals surface area contributed by atoms with Gasteiger partial charge in [-0.1, -0.05) is 30.3 Å². The summed E-state index contributed by atoms with van der Waals surface area (Å²) in [6.07, 6.45) is 0. The molecule has 1 amide bonds. The summed E-state index contributed by atoms with van der Waals surface area (Å²) >= 11 is 0. The highest BCUT2D eigenvalue weighted by Crippen LogP contribution is 2.37. The molecular weight excluding hydrogens is 374 g/mol. The normalized spacial score (nSPS) is 11.9. The SMILES string of the molecule is CC(=O)c1cc2c(cc1NC(=O)COC(=O)c1ccc3ccccc3c1)OCO2. The third-order valence-corrected chi connectivity index (χ3v) is 4.49. The average molecular weight is 391 g/mol. The molecular formula is C22H17NO6. The van der Waals surface area contributed by atoms with Crippen LogP contribution in [0.1, 0.15) is 27.6 Å². The van der Waals surface area contributed by atoms with Crippen LogP contribution in [0.4, 0.5) is 5.69 Å². The van der Waals surface area contributed by atoms with Crippen LogP contribution in [0.5, 0.6) is 11.5 Å². The standard InChI is InChI=1S/C22H17NO6/c1-13(24)17-9-19-20(29-12-28-19)10-18(17)23-21(25)11-27-22(26)16-7-6-14-4-2-3-5-15(14)8-16/h2-10H,11-12H2,1H3,(H,23,25). The highest BCUT2D eigenvalue weighted by Gasteiger charge is 2.21. The fraction of sp³-hybridized carbons (Fsp3) is 0.136. The van der Waals surface area contributed by atoms with Crippen molar-refractivity contribution in [2.75, 3.05) is 18.7 Å². The van der Waals surface area contributed by atoms with E-state index in [1.165, 1.54) is 19.1 Å². The van der Waals surface area contributed by atoms with Gasteiger partial charge >= 0.3 is 5.97 Å². The van der Waals surface area contributed by atoms with E-state index in [0.717, 1.165) is 10.8 Å². The Balaban J connectivity index is 1.43. The Kier molecular flexibility index (Phi) is 4.87. The predicted octanol–water partition coefficient (Wildman–Crippen LogP) is 3.57. The molecule has 146 valence electrons. The molecule has 1 N–H and O–H groups in total. The number of amides is 1. The molecule has 3 aromatic rings. The lowest BCUT2D eigenvalue weighted by Crippen LogP contribution is -2.22. The predicted molar refractivity (Wildman–Crippen MR) is 105 cm³/mol. The number of nitrogens with one attached hydrogen (secondary N) is 1. The maximum absolute atomic E-state index is 12.3. The zero-order chi connectivity index (χ0) is 20.4. The molecule has 0 atom stereocenters. The van der Waals surface area contributed by atoms with E-state index < -0.39 is 18.5 Å². The number of benzene rings is 3. The lowest BCUT2D eigenvalue weighted by molar-refractivity contribution is -0.119. The van der Waals surface area contributed by atoms with Gasteiger partial charge < -0.3 is 19.5 Å². The molecule has 7 heteroatoms. The minimum absolute atomic E-state index is 0.0491. The first kappa shape index (κ1) is 18.5. The number of hydrogen-bond donors (Lipinski definition) is 1. The number of carbonyl (C=O) groups excluding carboxylic acids is 3. The quantitative estimate of drug-likeness (QED) is 0.528. The third-order valence-electron chi connectivity index (χ3n) is 4.49. The first-order valence-corrected chi connectivity index (χ1v) is 8.91. The Morgan fingerprint density at radius 2 is 1.69 bits per heavy atom. The summed E-state index contributed by atoms with van der Waals surface area (Å²) in [6, 6.07) is 15.8. The van der Waals surface area contributed by atoms with Crippen molar-refractivity contribution in [2.45, 2.75) is 6.92 Å². The highest BCUT2D eigenvalue weighted by atomic mass is 16.7. The van der Waals surface area contributed by atoms with Crippen LogP contribution in [0.2, 0.25) is 0 Å². The van der Waals surface area contributed by atoms with Crippen molar-refractivity contribution < 1.29 is 28.6 Å². The number of anilines is 1. The van der Waals surface area contributed by atoms with Gasteiger partial charge in [-0.05, 0) is 35.9 Å². The summed E-state index contributed by atoms with van der Waals surface area (Å²) in [5, 5.41) is 4.49. The van der Waals surface area contributed by atoms with Crippen LogP contribution in [-0.4, -0.2) is 31.1 Å². The second kappa shape index (κ2) is 7.63. The van der Waals surface area contributed by atoms with Crippen molar-refractivity contribution in [1.82, 2.24) is 0 Å². The minimum Gasteiger partial charge on any atom is -0.454 e. The van der Waals surface area contributed by atoms with Crippen LogP contribution < -0.4 is 14.8 Å². The van der Waals surface area contributed by atoms with Gasteiger partial charge in [-0.2, -0.15) is 0 Å². The molecule has 0 unspecified atom stereocenters. The first-order valence-electron chi connectivity index (χ1n) is 8.91. The Bertz CT molecular complexity index is 1140. The van der Waals surface area contributed by atoms with Crippen LogP contribution in [0, 0.1) is 0 Å². The number of carbonyl (C=O) groups is 3. The van der Waals surface area contributed by atoms with Crippen LogP contribution in [-0.2, 0) is 9.53 Å². The second-order valence-electron chi connectivity index (χ2n) is 6.49. The van der Waals surface area contributed by atoms with E-state index in [0.29, 0.717) is 17.1 Å². The van der Waals surface area contributed by atoms with Gasteiger partial charge in [0, 0.05) is 11.6 Å². The molecule has 3 aromatic carbocycles. The lowest BCUT2D eigenvalue weighted by Gasteiger charge is -2.11. The van der Waals surface area contributed by atoms with E-state index in [1.807, 2.05) is 30.3 Å². The Morgan fingerprint density at radius 1 is 0.966 bits per heavy atom. The average Bonchev–Trinajstić information content (AvgIpc) is 3.18. The second-order valence-corrected chi connectivity index (χ2v) is 6.49. The summed E-state index contributed by atoms with van der Waals surface area (Å²) in [7, 11) is 0. The number of ether oxygens (including phenoxy) is 3. The number of esters is 1. The van der Waals surface area contributed by atoms with Crippen molar-refractivity contribution >= 4 is 34.1 Å². The molecule has 0 radical (unpaired) electrons. The van der Waals surface area contributed by atoms with E-state index in [2.05, 4.69) is 5.32 Å². The van der Waals surface area contributed by atoms with Gasteiger partial charge in [0.15, 0.2) is 23.9 Å². The van der Waals surface area contributed by atoms with Crippen LogP contribution in [0.25, 0.3) is 10.8 Å². The Hall–Kier alpha value is -3.87. The number of hydrogen-bond acceptors (Lipinski definition) is 6. The first-order chi connectivity index (χ1) is 14.0. The fourth-order valence-corrected chi connectivity index (χ4v) is 3.05. The monoisotopic (exact) mass is 391 g/mol. The van der Waals surface area contributed by atoms with Gasteiger partial charge in [-0.25, -0.2) is 4.79 Å². The molecule has 7 nitrogen and oxygen atoms in total. The van der Waals surface area contributed by atoms with Crippen molar-refractivity contribution in [1.29, 1.82) is 0 Å². The molecule has 4 rings (SSSR count). The summed E-state index contributed by atoms with van der Waals surface area (Å²) in [6.45, 7) is 0.942. The highest BCUT2D eigenvalue weighted by molar-refractivity contribution is 6.05. The fourth-order valence-electron chi connectivity index (χ4n) is 3.05. The van der Waals surface area contributed by atoms with Crippen LogP contribution >= 0.6 is 0 Å². The molecule has 0 spiro atoms. The maximum Gasteiger partial charge on any atom is 0.338 e. The number of Topliss-reactive ketones (excluding diaryl/α,β-unsaturated/α-hetero) is 1. The number of rotatable bonds is 5. The molecule has 0 aromatic heterocycles. The molecule has 1 heterocycles. The topological polar surface area (TPSA) is 90.9 Å². The molecule has 0 saturated carbocycles. The number of ketones is 1. The summed E-state index contributed by atoms with van der Waals surface area (Å²) in [5.74, 6) is -0.551. The van der Waals surface area contributed by atoms with Gasteiger partial charge in [0.05, 0.1) is 11.3 Å². The molecule has 1 aliphatic rings. The van der Waals surface area contributed by atoms with E-state index in [1.54, 1.807) is 12.1 Å². The van der Waals surface area contributed by atoms with E-state index in [4.69, 9.17) is 14.2 Å². The van der Waals surface area contributed by atoms with E-state index in [-0.39, 0.29) is 23.8 Å². The van der Waals surface area contributed by atoms with Crippen molar-refractivity contribution in [3.8, 4) is 11.5 Å². The van der Waals surface area contributed by atoms with Crippen LogP contribution in [0.3, 0.4) is 0 Å². The molecule has 0 saturated heterocycles. The largest absolute Gasteiger partial charge is 0.454 e. The molecule has 0 fully saturated rings. The summed E-state index contributed by atoms with van der Waals surface area (Å²) in [4.78, 5) is 36.4. The van der Waals surface area contributed by atoms with Crippen molar-refractivity contribution in [3.63, 3.8) is 0 Å². The van der Waals surface area contributed by atoms with Crippen LogP contribution in [0.15, 0.2) is 54.6 Å². The van der Waals surface area contributed by atoms with Gasteiger partial charge in [-0.3, -0.25) is 9.59 Å². The van der Waals surface area contributed by atoms with E-state index in [9.17, 15) is 14.4 Å². The maximum atomic E-state index is 12.3. The van der Waals surface area contributed by atoms with E-state index >= 15 is 0 Å². The molecule has 29 heavy (non-hydrogen) atoms. The summed E-state index contributed by atoms with van der Waals surface area (Å²) in [5.41, 5.74) is 0.904.